The average molecular weight is 430 g/mol. The molecule has 2 heterocycles. The van der Waals surface area contributed by atoms with Crippen molar-refractivity contribution >= 4 is 39.2 Å². The lowest BCUT2D eigenvalue weighted by Crippen LogP contribution is -2.33. The highest BCUT2D eigenvalue weighted by atomic mass is 32.2. The second-order valence-corrected chi connectivity index (χ2v) is 8.70. The monoisotopic (exact) mass is 429 g/mol. The number of hydrogen-bond acceptors (Lipinski definition) is 5. The van der Waals surface area contributed by atoms with Gasteiger partial charge < -0.3 is 4.90 Å². The number of amides is 1. The van der Waals surface area contributed by atoms with E-state index in [-0.39, 0.29) is 11.5 Å². The van der Waals surface area contributed by atoms with Crippen LogP contribution in [-0.4, -0.2) is 39.2 Å². The Morgan fingerprint density at radius 1 is 1.21 bits per heavy atom. The number of benzene rings is 1. The molecule has 0 atom stereocenters. The molecule has 0 aliphatic heterocycles. The first-order valence-electron chi connectivity index (χ1n) is 10.1. The zero-order valence-corrected chi connectivity index (χ0v) is 18.6. The van der Waals surface area contributed by atoms with Crippen LogP contribution in [-0.2, 0) is 17.8 Å². The van der Waals surface area contributed by atoms with Crippen LogP contribution < -0.4 is 5.56 Å². The smallest absolute Gasteiger partial charge is 0.272 e. The largest absolute Gasteiger partial charge is 0.342 e. The number of aryl methyl sites for hydroxylation is 1. The summed E-state index contributed by atoms with van der Waals surface area (Å²) in [6.45, 7) is 6.16. The molecule has 3 rings (SSSR count). The summed E-state index contributed by atoms with van der Waals surface area (Å²) in [7, 11) is 0. The molecular formula is C22H27N3O2S2. The number of unbranched alkanes of at least 4 members (excludes halogenated alkanes) is 1. The van der Waals surface area contributed by atoms with Crippen LogP contribution in [0.5, 0.6) is 0 Å². The van der Waals surface area contributed by atoms with E-state index in [1.54, 1.807) is 4.57 Å². The molecule has 0 saturated carbocycles. The number of rotatable bonds is 10. The van der Waals surface area contributed by atoms with Gasteiger partial charge in [0.15, 0.2) is 5.16 Å². The topological polar surface area (TPSA) is 55.2 Å². The summed E-state index contributed by atoms with van der Waals surface area (Å²) in [5.41, 5.74) is 1.87. The number of fused-ring (bicyclic) bond motifs is 1. The minimum Gasteiger partial charge on any atom is -0.342 e. The van der Waals surface area contributed by atoms with E-state index in [0.29, 0.717) is 34.2 Å². The van der Waals surface area contributed by atoms with Crippen LogP contribution in [0.1, 0.15) is 32.3 Å². The van der Waals surface area contributed by atoms with E-state index < -0.39 is 0 Å². The third kappa shape index (κ3) is 5.48. The molecule has 0 aliphatic rings. The highest BCUT2D eigenvalue weighted by Crippen LogP contribution is 2.21. The Morgan fingerprint density at radius 2 is 2.00 bits per heavy atom. The summed E-state index contributed by atoms with van der Waals surface area (Å²) < 4.78 is 2.40. The van der Waals surface area contributed by atoms with Crippen LogP contribution in [0.15, 0.2) is 51.7 Å². The Labute approximate surface area is 179 Å². The molecule has 0 saturated heterocycles. The van der Waals surface area contributed by atoms with Gasteiger partial charge in [0.2, 0.25) is 5.91 Å². The van der Waals surface area contributed by atoms with Gasteiger partial charge in [-0.05, 0) is 36.8 Å². The molecule has 0 bridgehead atoms. The third-order valence-electron chi connectivity index (χ3n) is 4.84. The van der Waals surface area contributed by atoms with E-state index in [9.17, 15) is 9.59 Å². The van der Waals surface area contributed by atoms with Gasteiger partial charge in [-0.2, -0.15) is 0 Å². The van der Waals surface area contributed by atoms with Crippen LogP contribution in [0.3, 0.4) is 0 Å². The van der Waals surface area contributed by atoms with Crippen LogP contribution in [0, 0.1) is 0 Å². The number of carbonyl (C=O) groups is 1. The molecule has 3 aromatic rings. The Balaban J connectivity index is 1.80. The summed E-state index contributed by atoms with van der Waals surface area (Å²) in [5, 5.41) is 2.51. The second kappa shape index (κ2) is 10.6. The Hall–Kier alpha value is -2.12. The number of aromatic nitrogens is 2. The molecule has 7 heteroatoms. The molecule has 0 N–H and O–H groups in total. The van der Waals surface area contributed by atoms with Gasteiger partial charge in [-0.3, -0.25) is 14.2 Å². The maximum atomic E-state index is 13.0. The molecule has 0 spiro atoms. The maximum absolute atomic E-state index is 13.0. The molecule has 29 heavy (non-hydrogen) atoms. The zero-order chi connectivity index (χ0) is 20.6. The molecule has 0 aliphatic carbocycles. The van der Waals surface area contributed by atoms with Crippen molar-refractivity contribution in [3.8, 4) is 0 Å². The van der Waals surface area contributed by atoms with Crippen molar-refractivity contribution in [2.75, 3.05) is 18.8 Å². The standard InChI is InChI=1S/C22H27N3O2S2/c1-3-5-13-24(4-2)19(26)16-29-22-23-18-12-15-28-20(18)21(27)25(22)14-11-17-9-7-6-8-10-17/h6-10,12,15H,3-5,11,13-14,16H2,1-2H3. The number of carbonyl (C=O) groups excluding carboxylic acids is 1. The molecule has 154 valence electrons. The number of thiophene rings is 1. The lowest BCUT2D eigenvalue weighted by atomic mass is 10.1. The van der Waals surface area contributed by atoms with Gasteiger partial charge >= 0.3 is 0 Å². The molecule has 1 amide bonds. The quantitative estimate of drug-likeness (QED) is 0.353. The molecule has 0 fully saturated rings. The highest BCUT2D eigenvalue weighted by Gasteiger charge is 2.16. The van der Waals surface area contributed by atoms with Gasteiger partial charge in [0.05, 0.1) is 11.3 Å². The fourth-order valence-electron chi connectivity index (χ4n) is 3.14. The number of nitrogens with zero attached hydrogens (tertiary/aromatic N) is 3. The van der Waals surface area contributed by atoms with Gasteiger partial charge in [0.1, 0.15) is 4.70 Å². The van der Waals surface area contributed by atoms with Gasteiger partial charge in [0.25, 0.3) is 5.56 Å². The van der Waals surface area contributed by atoms with Gasteiger partial charge in [-0.15, -0.1) is 11.3 Å². The van der Waals surface area contributed by atoms with Gasteiger partial charge in [0, 0.05) is 19.6 Å². The second-order valence-electron chi connectivity index (χ2n) is 6.84. The van der Waals surface area contributed by atoms with Crippen molar-refractivity contribution in [3.05, 3.63) is 57.7 Å². The van der Waals surface area contributed by atoms with Crippen molar-refractivity contribution in [3.63, 3.8) is 0 Å². The van der Waals surface area contributed by atoms with Crippen molar-refractivity contribution in [1.29, 1.82) is 0 Å². The Kier molecular flexibility index (Phi) is 7.89. The zero-order valence-electron chi connectivity index (χ0n) is 17.0. The summed E-state index contributed by atoms with van der Waals surface area (Å²) >= 11 is 2.79. The Bertz CT molecular complexity index is 998. The fraction of sp³-hybridized carbons (Fsp3) is 0.409. The summed E-state index contributed by atoms with van der Waals surface area (Å²) in [5.74, 6) is 0.394. The maximum Gasteiger partial charge on any atom is 0.272 e. The van der Waals surface area contributed by atoms with Crippen LogP contribution in [0.2, 0.25) is 0 Å². The van der Waals surface area contributed by atoms with Crippen molar-refractivity contribution in [1.82, 2.24) is 14.5 Å². The van der Waals surface area contributed by atoms with Crippen LogP contribution in [0.4, 0.5) is 0 Å². The minimum atomic E-state index is -0.0192. The SMILES string of the molecule is CCCCN(CC)C(=O)CSc1nc2ccsc2c(=O)n1CCc1ccccc1. The predicted octanol–water partition coefficient (Wildman–Crippen LogP) is 4.44. The van der Waals surface area contributed by atoms with Crippen molar-refractivity contribution in [2.45, 2.75) is 44.8 Å². The summed E-state index contributed by atoms with van der Waals surface area (Å²) in [6, 6.07) is 12.0. The molecule has 0 radical (unpaired) electrons. The predicted molar refractivity (Wildman–Crippen MR) is 122 cm³/mol. The number of hydrogen-bond donors (Lipinski definition) is 0. The first-order chi connectivity index (χ1) is 14.1. The first-order valence-corrected chi connectivity index (χ1v) is 11.9. The van der Waals surface area contributed by atoms with Crippen molar-refractivity contribution in [2.24, 2.45) is 0 Å². The van der Waals surface area contributed by atoms with E-state index in [2.05, 4.69) is 19.1 Å². The van der Waals surface area contributed by atoms with E-state index in [4.69, 9.17) is 4.98 Å². The lowest BCUT2D eigenvalue weighted by molar-refractivity contribution is -0.128. The van der Waals surface area contributed by atoms with E-state index in [1.807, 2.05) is 41.5 Å². The highest BCUT2D eigenvalue weighted by molar-refractivity contribution is 7.99. The third-order valence-corrected chi connectivity index (χ3v) is 6.69. The fourth-order valence-corrected chi connectivity index (χ4v) is 4.85. The van der Waals surface area contributed by atoms with Crippen molar-refractivity contribution < 1.29 is 4.79 Å². The average Bonchev–Trinajstić information content (AvgIpc) is 3.22. The molecule has 5 nitrogen and oxygen atoms in total. The summed E-state index contributed by atoms with van der Waals surface area (Å²) in [4.78, 5) is 32.2. The van der Waals surface area contributed by atoms with E-state index in [1.165, 1.54) is 28.7 Å². The normalized spacial score (nSPS) is 11.1. The van der Waals surface area contributed by atoms with Crippen LogP contribution in [0.25, 0.3) is 10.2 Å². The summed E-state index contributed by atoms with van der Waals surface area (Å²) in [6.07, 6.45) is 2.82. The van der Waals surface area contributed by atoms with Crippen LogP contribution >= 0.6 is 23.1 Å². The van der Waals surface area contributed by atoms with E-state index >= 15 is 0 Å². The van der Waals surface area contributed by atoms with E-state index in [0.717, 1.165) is 25.8 Å². The molecule has 0 unspecified atom stereocenters. The minimum absolute atomic E-state index is 0.0192. The Morgan fingerprint density at radius 3 is 2.72 bits per heavy atom. The van der Waals surface area contributed by atoms with Gasteiger partial charge in [-0.25, -0.2) is 4.98 Å². The first kappa shape index (κ1) is 21.6. The lowest BCUT2D eigenvalue weighted by Gasteiger charge is -2.20. The molecular weight excluding hydrogens is 402 g/mol. The number of thioether (sulfide) groups is 1. The molecule has 2 aromatic heterocycles. The van der Waals surface area contributed by atoms with Gasteiger partial charge in [-0.1, -0.05) is 55.4 Å². The molecule has 1 aromatic carbocycles.